The second-order valence-electron chi connectivity index (χ2n) is 4.86. The SMILES string of the molecule is CCOC(c1noc(-c2cccc(C#N)c2)n1)C1CC1. The van der Waals surface area contributed by atoms with Gasteiger partial charge in [0, 0.05) is 12.2 Å². The Kier molecular flexibility index (Phi) is 3.48. The Morgan fingerprint density at radius 1 is 1.50 bits per heavy atom. The Bertz CT molecular complexity index is 641. The monoisotopic (exact) mass is 269 g/mol. The van der Waals surface area contributed by atoms with E-state index in [4.69, 9.17) is 14.5 Å². The molecular weight excluding hydrogens is 254 g/mol. The molecular formula is C15H15N3O2. The van der Waals surface area contributed by atoms with E-state index in [1.54, 1.807) is 18.2 Å². The molecule has 0 aliphatic heterocycles. The maximum absolute atomic E-state index is 8.92. The Hall–Kier alpha value is -2.19. The summed E-state index contributed by atoms with van der Waals surface area (Å²) in [5.41, 5.74) is 1.33. The molecule has 0 saturated heterocycles. The van der Waals surface area contributed by atoms with Gasteiger partial charge in [-0.25, -0.2) is 0 Å². The average molecular weight is 269 g/mol. The van der Waals surface area contributed by atoms with Crippen molar-refractivity contribution in [3.63, 3.8) is 0 Å². The van der Waals surface area contributed by atoms with Gasteiger partial charge in [0.25, 0.3) is 5.89 Å². The van der Waals surface area contributed by atoms with Gasteiger partial charge in [-0.2, -0.15) is 10.2 Å². The topological polar surface area (TPSA) is 71.9 Å². The Labute approximate surface area is 117 Å². The first-order valence-corrected chi connectivity index (χ1v) is 6.77. The number of nitriles is 1. The molecule has 1 aromatic carbocycles. The van der Waals surface area contributed by atoms with E-state index in [1.165, 1.54) is 0 Å². The van der Waals surface area contributed by atoms with Crippen molar-refractivity contribution in [2.45, 2.75) is 25.9 Å². The van der Waals surface area contributed by atoms with Crippen LogP contribution in [0.25, 0.3) is 11.5 Å². The first kappa shape index (κ1) is 12.8. The van der Waals surface area contributed by atoms with Crippen molar-refractivity contribution in [2.24, 2.45) is 5.92 Å². The van der Waals surface area contributed by atoms with Crippen LogP contribution in [0.4, 0.5) is 0 Å². The highest BCUT2D eigenvalue weighted by atomic mass is 16.5. The van der Waals surface area contributed by atoms with Crippen molar-refractivity contribution in [1.29, 1.82) is 5.26 Å². The number of aromatic nitrogens is 2. The summed E-state index contributed by atoms with van der Waals surface area (Å²) < 4.78 is 11.0. The van der Waals surface area contributed by atoms with Gasteiger partial charge >= 0.3 is 0 Å². The maximum atomic E-state index is 8.92. The van der Waals surface area contributed by atoms with E-state index in [0.717, 1.165) is 18.4 Å². The van der Waals surface area contributed by atoms with Gasteiger partial charge in [-0.05, 0) is 43.9 Å². The molecule has 0 N–H and O–H groups in total. The van der Waals surface area contributed by atoms with E-state index in [-0.39, 0.29) is 6.10 Å². The third-order valence-corrected chi connectivity index (χ3v) is 3.33. The normalized spacial score (nSPS) is 15.8. The molecule has 1 aromatic heterocycles. The molecule has 1 unspecified atom stereocenters. The number of benzene rings is 1. The zero-order chi connectivity index (χ0) is 13.9. The minimum atomic E-state index is -0.0725. The van der Waals surface area contributed by atoms with Gasteiger partial charge in [-0.15, -0.1) is 0 Å². The molecule has 1 saturated carbocycles. The summed E-state index contributed by atoms with van der Waals surface area (Å²) in [4.78, 5) is 4.42. The van der Waals surface area contributed by atoms with E-state index in [0.29, 0.717) is 29.8 Å². The Morgan fingerprint density at radius 3 is 3.05 bits per heavy atom. The average Bonchev–Trinajstić information content (AvgIpc) is 3.21. The second kappa shape index (κ2) is 5.43. The number of hydrogen-bond donors (Lipinski definition) is 0. The van der Waals surface area contributed by atoms with E-state index in [2.05, 4.69) is 16.2 Å². The highest BCUT2D eigenvalue weighted by Gasteiger charge is 2.36. The molecule has 1 fully saturated rings. The third kappa shape index (κ3) is 2.56. The maximum Gasteiger partial charge on any atom is 0.258 e. The molecule has 2 aromatic rings. The van der Waals surface area contributed by atoms with E-state index < -0.39 is 0 Å². The first-order valence-electron chi connectivity index (χ1n) is 6.77. The zero-order valence-electron chi connectivity index (χ0n) is 11.2. The largest absolute Gasteiger partial charge is 0.370 e. The van der Waals surface area contributed by atoms with Crippen molar-refractivity contribution in [3.8, 4) is 17.5 Å². The van der Waals surface area contributed by atoms with Crippen LogP contribution >= 0.6 is 0 Å². The molecule has 1 heterocycles. The van der Waals surface area contributed by atoms with Crippen LogP contribution < -0.4 is 0 Å². The van der Waals surface area contributed by atoms with Crippen molar-refractivity contribution in [2.75, 3.05) is 6.61 Å². The number of hydrogen-bond acceptors (Lipinski definition) is 5. The molecule has 5 heteroatoms. The van der Waals surface area contributed by atoms with Crippen LogP contribution in [0.5, 0.6) is 0 Å². The minimum Gasteiger partial charge on any atom is -0.370 e. The summed E-state index contributed by atoms with van der Waals surface area (Å²) in [7, 11) is 0. The van der Waals surface area contributed by atoms with Crippen LogP contribution in [0.15, 0.2) is 28.8 Å². The zero-order valence-corrected chi connectivity index (χ0v) is 11.2. The van der Waals surface area contributed by atoms with Gasteiger partial charge in [0.1, 0.15) is 6.10 Å². The van der Waals surface area contributed by atoms with Gasteiger partial charge in [0.15, 0.2) is 0 Å². The predicted octanol–water partition coefficient (Wildman–Crippen LogP) is 3.10. The molecule has 0 bridgehead atoms. The molecule has 1 aliphatic rings. The summed E-state index contributed by atoms with van der Waals surface area (Å²) in [6.45, 7) is 2.60. The standard InChI is InChI=1S/C15H15N3O2/c1-2-19-13(11-6-7-11)14-17-15(20-18-14)12-5-3-4-10(8-12)9-16/h3-5,8,11,13H,2,6-7H2,1H3. The van der Waals surface area contributed by atoms with Crippen molar-refractivity contribution in [3.05, 3.63) is 35.7 Å². The van der Waals surface area contributed by atoms with Crippen LogP contribution in [0, 0.1) is 17.2 Å². The summed E-state index contributed by atoms with van der Waals surface area (Å²) in [5, 5.41) is 13.0. The Morgan fingerprint density at radius 2 is 2.35 bits per heavy atom. The molecule has 0 amide bonds. The van der Waals surface area contributed by atoms with E-state index in [9.17, 15) is 0 Å². The van der Waals surface area contributed by atoms with Crippen molar-refractivity contribution in [1.82, 2.24) is 10.1 Å². The van der Waals surface area contributed by atoms with Gasteiger partial charge in [0.2, 0.25) is 5.82 Å². The van der Waals surface area contributed by atoms with Crippen LogP contribution in [-0.4, -0.2) is 16.7 Å². The first-order chi connectivity index (χ1) is 9.81. The van der Waals surface area contributed by atoms with Gasteiger partial charge < -0.3 is 9.26 Å². The highest BCUT2D eigenvalue weighted by molar-refractivity contribution is 5.55. The molecule has 5 nitrogen and oxygen atoms in total. The summed E-state index contributed by atoms with van der Waals surface area (Å²) in [6, 6.07) is 9.24. The lowest BCUT2D eigenvalue weighted by atomic mass is 10.1. The Balaban J connectivity index is 1.87. The molecule has 1 aliphatic carbocycles. The number of nitrogens with zero attached hydrogens (tertiary/aromatic N) is 3. The third-order valence-electron chi connectivity index (χ3n) is 3.33. The van der Waals surface area contributed by atoms with Crippen LogP contribution in [0.1, 0.15) is 37.3 Å². The van der Waals surface area contributed by atoms with Gasteiger partial charge in [0.05, 0.1) is 11.6 Å². The molecule has 0 spiro atoms. The fourth-order valence-corrected chi connectivity index (χ4v) is 2.19. The van der Waals surface area contributed by atoms with Crippen molar-refractivity contribution < 1.29 is 9.26 Å². The lowest BCUT2D eigenvalue weighted by Crippen LogP contribution is -2.08. The fraction of sp³-hybridized carbons (Fsp3) is 0.400. The molecule has 3 rings (SSSR count). The van der Waals surface area contributed by atoms with Crippen LogP contribution in [-0.2, 0) is 4.74 Å². The summed E-state index contributed by atoms with van der Waals surface area (Å²) in [5.74, 6) is 1.54. The minimum absolute atomic E-state index is 0.0725. The van der Waals surface area contributed by atoms with E-state index in [1.807, 2.05) is 13.0 Å². The second-order valence-corrected chi connectivity index (χ2v) is 4.86. The van der Waals surface area contributed by atoms with Crippen molar-refractivity contribution >= 4 is 0 Å². The summed E-state index contributed by atoms with van der Waals surface area (Å²) in [6.07, 6.45) is 2.23. The molecule has 0 radical (unpaired) electrons. The molecule has 1 atom stereocenters. The highest BCUT2D eigenvalue weighted by Crippen LogP contribution is 2.42. The molecule has 102 valence electrons. The molecule has 20 heavy (non-hydrogen) atoms. The number of rotatable bonds is 5. The van der Waals surface area contributed by atoms with Crippen LogP contribution in [0.2, 0.25) is 0 Å². The fourth-order valence-electron chi connectivity index (χ4n) is 2.19. The summed E-state index contributed by atoms with van der Waals surface area (Å²) >= 11 is 0. The smallest absolute Gasteiger partial charge is 0.258 e. The quantitative estimate of drug-likeness (QED) is 0.834. The van der Waals surface area contributed by atoms with Crippen LogP contribution in [0.3, 0.4) is 0 Å². The lowest BCUT2D eigenvalue weighted by Gasteiger charge is -2.10. The number of ether oxygens (including phenoxy) is 1. The lowest BCUT2D eigenvalue weighted by molar-refractivity contribution is 0.0385. The predicted molar refractivity (Wildman–Crippen MR) is 71.5 cm³/mol. The van der Waals surface area contributed by atoms with E-state index >= 15 is 0 Å². The van der Waals surface area contributed by atoms with Gasteiger partial charge in [-0.3, -0.25) is 0 Å². The van der Waals surface area contributed by atoms with Gasteiger partial charge in [-0.1, -0.05) is 11.2 Å².